The van der Waals surface area contributed by atoms with Crippen LogP contribution in [0.4, 0.5) is 0 Å². The molecule has 0 aliphatic rings. The quantitative estimate of drug-likeness (QED) is 0.542. The van der Waals surface area contributed by atoms with E-state index in [1.807, 2.05) is 6.92 Å². The molecule has 10 heavy (non-hydrogen) atoms. The van der Waals surface area contributed by atoms with Gasteiger partial charge < -0.3 is 0 Å². The lowest BCUT2D eigenvalue weighted by molar-refractivity contribution is -0.137. The van der Waals surface area contributed by atoms with Gasteiger partial charge in [-0.3, -0.25) is 4.79 Å². The maximum Gasteiger partial charge on any atom is 0.251 e. The van der Waals surface area contributed by atoms with Crippen molar-refractivity contribution in [2.24, 2.45) is 0 Å². The first-order valence-corrected chi connectivity index (χ1v) is 3.44. The molecule has 0 aliphatic heterocycles. The molecular formula is C6H15N3O. The van der Waals surface area contributed by atoms with Gasteiger partial charge in [0.05, 0.1) is 0 Å². The highest BCUT2D eigenvalue weighted by molar-refractivity contribution is 5.74. The van der Waals surface area contributed by atoms with E-state index in [1.165, 1.54) is 5.12 Å². The third-order valence-corrected chi connectivity index (χ3v) is 1.16. The summed E-state index contributed by atoms with van der Waals surface area (Å²) in [6, 6.07) is 0. The number of hydrogen-bond donors (Lipinski definition) is 2. The van der Waals surface area contributed by atoms with Gasteiger partial charge in [-0.25, -0.2) is 16.0 Å². The molecule has 4 heteroatoms. The van der Waals surface area contributed by atoms with Gasteiger partial charge >= 0.3 is 0 Å². The van der Waals surface area contributed by atoms with Crippen LogP contribution in [0, 0.1) is 0 Å². The summed E-state index contributed by atoms with van der Waals surface area (Å²) in [6.07, 6.45) is 1.44. The fourth-order valence-corrected chi connectivity index (χ4v) is 0.687. The number of hydrazine groups is 2. The number of nitrogens with zero attached hydrogens (tertiary/aromatic N) is 1. The molecule has 0 rings (SSSR count). The normalized spacial score (nSPS) is 9.50. The van der Waals surface area contributed by atoms with E-state index in [2.05, 4.69) is 10.9 Å². The van der Waals surface area contributed by atoms with Crippen molar-refractivity contribution >= 4 is 5.91 Å². The van der Waals surface area contributed by atoms with Gasteiger partial charge in [-0.1, -0.05) is 6.92 Å². The summed E-state index contributed by atoms with van der Waals surface area (Å²) in [4.78, 5) is 11.0. The summed E-state index contributed by atoms with van der Waals surface area (Å²) < 4.78 is 0. The maximum absolute atomic E-state index is 11.0. The lowest BCUT2D eigenvalue weighted by Crippen LogP contribution is -2.48. The second-order valence-corrected chi connectivity index (χ2v) is 1.93. The van der Waals surface area contributed by atoms with Crippen LogP contribution in [0.5, 0.6) is 0 Å². The van der Waals surface area contributed by atoms with Crippen LogP contribution in [0.15, 0.2) is 0 Å². The zero-order valence-electron chi connectivity index (χ0n) is 6.77. The molecule has 60 valence electrons. The first kappa shape index (κ1) is 9.39. The van der Waals surface area contributed by atoms with Crippen molar-refractivity contribution < 1.29 is 4.79 Å². The molecular weight excluding hydrogens is 130 g/mol. The second kappa shape index (κ2) is 5.20. The van der Waals surface area contributed by atoms with Crippen molar-refractivity contribution in [1.82, 2.24) is 16.0 Å². The molecule has 0 aliphatic carbocycles. The summed E-state index contributed by atoms with van der Waals surface area (Å²) in [7, 11) is 3.40. The molecule has 0 saturated heterocycles. The van der Waals surface area contributed by atoms with Crippen LogP contribution < -0.4 is 10.9 Å². The minimum Gasteiger partial charge on any atom is -0.272 e. The first-order valence-electron chi connectivity index (χ1n) is 3.44. The van der Waals surface area contributed by atoms with Crippen LogP contribution in [0.2, 0.25) is 0 Å². The van der Waals surface area contributed by atoms with Crippen molar-refractivity contribution in [2.75, 3.05) is 14.1 Å². The molecule has 2 N–H and O–H groups in total. The minimum absolute atomic E-state index is 0.0625. The van der Waals surface area contributed by atoms with Crippen molar-refractivity contribution in [3.05, 3.63) is 0 Å². The predicted molar refractivity (Wildman–Crippen MR) is 39.9 cm³/mol. The Morgan fingerprint density at radius 3 is 2.20 bits per heavy atom. The van der Waals surface area contributed by atoms with E-state index in [4.69, 9.17) is 0 Å². The SMILES string of the molecule is CCCC(=O)N(NC)NC. The van der Waals surface area contributed by atoms with E-state index in [9.17, 15) is 4.79 Å². The Kier molecular flexibility index (Phi) is 4.88. The van der Waals surface area contributed by atoms with Gasteiger partial charge in [0.2, 0.25) is 0 Å². The van der Waals surface area contributed by atoms with Gasteiger partial charge in [-0.05, 0) is 6.42 Å². The van der Waals surface area contributed by atoms with E-state index in [0.717, 1.165) is 6.42 Å². The number of amides is 1. The Balaban J connectivity index is 3.65. The molecule has 0 heterocycles. The second-order valence-electron chi connectivity index (χ2n) is 1.93. The van der Waals surface area contributed by atoms with Gasteiger partial charge in [-0.2, -0.15) is 0 Å². The Hall–Kier alpha value is -0.610. The van der Waals surface area contributed by atoms with Crippen molar-refractivity contribution in [1.29, 1.82) is 0 Å². The zero-order chi connectivity index (χ0) is 7.98. The smallest absolute Gasteiger partial charge is 0.251 e. The van der Waals surface area contributed by atoms with Crippen LogP contribution in [-0.4, -0.2) is 25.1 Å². The highest BCUT2D eigenvalue weighted by Gasteiger charge is 2.06. The Bertz CT molecular complexity index is 101. The standard InChI is InChI=1S/C6H15N3O/c1-4-5-6(10)9(7-2)8-3/h7-8H,4-5H2,1-3H3. The molecule has 4 nitrogen and oxygen atoms in total. The van der Waals surface area contributed by atoms with E-state index >= 15 is 0 Å². The molecule has 0 spiro atoms. The molecule has 0 radical (unpaired) electrons. The molecule has 0 aromatic carbocycles. The Morgan fingerprint density at radius 1 is 1.40 bits per heavy atom. The third-order valence-electron chi connectivity index (χ3n) is 1.16. The minimum atomic E-state index is 0.0625. The Labute approximate surface area is 61.5 Å². The number of carbonyl (C=O) groups is 1. The fraction of sp³-hybridized carbons (Fsp3) is 0.833. The molecule has 0 saturated carbocycles. The highest BCUT2D eigenvalue weighted by Crippen LogP contribution is 1.89. The molecule has 0 aromatic heterocycles. The topological polar surface area (TPSA) is 44.4 Å². The van der Waals surface area contributed by atoms with Gasteiger partial charge in [0, 0.05) is 20.5 Å². The molecule has 0 unspecified atom stereocenters. The average molecular weight is 145 g/mol. The van der Waals surface area contributed by atoms with Crippen LogP contribution in [0.3, 0.4) is 0 Å². The lowest BCUT2D eigenvalue weighted by atomic mass is 10.3. The van der Waals surface area contributed by atoms with Crippen LogP contribution in [0.25, 0.3) is 0 Å². The van der Waals surface area contributed by atoms with Crippen molar-refractivity contribution in [3.8, 4) is 0 Å². The largest absolute Gasteiger partial charge is 0.272 e. The van der Waals surface area contributed by atoms with E-state index in [1.54, 1.807) is 14.1 Å². The summed E-state index contributed by atoms with van der Waals surface area (Å²) in [5, 5.41) is 1.36. The molecule has 0 fully saturated rings. The van der Waals surface area contributed by atoms with Crippen LogP contribution >= 0.6 is 0 Å². The summed E-state index contributed by atoms with van der Waals surface area (Å²) in [6.45, 7) is 1.97. The van der Waals surface area contributed by atoms with Gasteiger partial charge in [0.15, 0.2) is 0 Å². The molecule has 0 aromatic rings. The summed E-state index contributed by atoms with van der Waals surface area (Å²) >= 11 is 0. The molecule has 0 bridgehead atoms. The Morgan fingerprint density at radius 2 is 1.90 bits per heavy atom. The summed E-state index contributed by atoms with van der Waals surface area (Å²) in [5.41, 5.74) is 5.42. The highest BCUT2D eigenvalue weighted by atomic mass is 16.2. The predicted octanol–water partition coefficient (Wildman–Crippen LogP) is -0.116. The van der Waals surface area contributed by atoms with E-state index in [-0.39, 0.29) is 5.91 Å². The van der Waals surface area contributed by atoms with E-state index < -0.39 is 0 Å². The number of nitrogens with one attached hydrogen (secondary N) is 2. The lowest BCUT2D eigenvalue weighted by Gasteiger charge is -2.18. The first-order chi connectivity index (χ1) is 4.76. The number of hydrogen-bond acceptors (Lipinski definition) is 3. The fourth-order valence-electron chi connectivity index (χ4n) is 0.687. The van der Waals surface area contributed by atoms with Gasteiger partial charge in [-0.15, -0.1) is 0 Å². The molecule has 0 atom stereocenters. The van der Waals surface area contributed by atoms with Gasteiger partial charge in [0.1, 0.15) is 0 Å². The monoisotopic (exact) mass is 145 g/mol. The number of rotatable bonds is 4. The van der Waals surface area contributed by atoms with Crippen molar-refractivity contribution in [3.63, 3.8) is 0 Å². The molecule has 1 amide bonds. The van der Waals surface area contributed by atoms with Crippen LogP contribution in [-0.2, 0) is 4.79 Å². The average Bonchev–Trinajstić information content (AvgIpc) is 1.91. The van der Waals surface area contributed by atoms with E-state index in [0.29, 0.717) is 6.42 Å². The zero-order valence-corrected chi connectivity index (χ0v) is 6.77. The third kappa shape index (κ3) is 2.80. The van der Waals surface area contributed by atoms with Gasteiger partial charge in [0.25, 0.3) is 5.91 Å². The summed E-state index contributed by atoms with van der Waals surface area (Å²) in [5.74, 6) is 0.0625. The van der Waals surface area contributed by atoms with Crippen molar-refractivity contribution in [2.45, 2.75) is 19.8 Å². The maximum atomic E-state index is 11.0. The van der Waals surface area contributed by atoms with Crippen LogP contribution in [0.1, 0.15) is 19.8 Å². The number of carbonyl (C=O) groups excluding carboxylic acids is 1.